The van der Waals surface area contributed by atoms with E-state index >= 15 is 0 Å². The minimum absolute atomic E-state index is 0.00296. The van der Waals surface area contributed by atoms with Crippen LogP contribution in [0.1, 0.15) is 21.7 Å². The zero-order valence-corrected chi connectivity index (χ0v) is 17.3. The normalized spacial score (nSPS) is 18.9. The first-order chi connectivity index (χ1) is 14.7. The predicted octanol–water partition coefficient (Wildman–Crippen LogP) is 2.65. The summed E-state index contributed by atoms with van der Waals surface area (Å²) in [5, 5.41) is 2.95. The van der Waals surface area contributed by atoms with Crippen LogP contribution >= 0.6 is 11.3 Å². The van der Waals surface area contributed by atoms with E-state index in [1.54, 1.807) is 34.6 Å². The quantitative estimate of drug-likeness (QED) is 0.649. The third-order valence-corrected chi connectivity index (χ3v) is 6.64. The van der Waals surface area contributed by atoms with E-state index in [0.29, 0.717) is 26.1 Å². The van der Waals surface area contributed by atoms with Gasteiger partial charge in [0.15, 0.2) is 10.9 Å². The lowest BCUT2D eigenvalue weighted by atomic mass is 9.92. The number of benzene rings is 1. The molecule has 1 saturated heterocycles. The molecule has 0 spiro atoms. The molecule has 4 heterocycles. The molecule has 0 saturated carbocycles. The van der Waals surface area contributed by atoms with Gasteiger partial charge in [0.1, 0.15) is 6.04 Å². The second kappa shape index (κ2) is 7.95. The van der Waals surface area contributed by atoms with Gasteiger partial charge in [-0.2, -0.15) is 0 Å². The highest BCUT2D eigenvalue weighted by Crippen LogP contribution is 2.27. The molecule has 1 fully saturated rings. The van der Waals surface area contributed by atoms with E-state index in [-0.39, 0.29) is 17.6 Å². The van der Waals surface area contributed by atoms with Gasteiger partial charge >= 0.3 is 0 Å². The van der Waals surface area contributed by atoms with Crippen LogP contribution in [0.15, 0.2) is 58.7 Å². The predicted molar refractivity (Wildman–Crippen MR) is 113 cm³/mol. The molecule has 0 aliphatic carbocycles. The summed E-state index contributed by atoms with van der Waals surface area (Å²) in [6.07, 6.45) is 3.81. The Labute approximate surface area is 178 Å². The maximum Gasteiger partial charge on any atom is 0.290 e. The van der Waals surface area contributed by atoms with Crippen molar-refractivity contribution in [2.24, 2.45) is 0 Å². The molecule has 3 aromatic rings. The molecule has 0 N–H and O–H groups in total. The van der Waals surface area contributed by atoms with Gasteiger partial charge in [-0.15, -0.1) is 11.3 Å². The van der Waals surface area contributed by atoms with Gasteiger partial charge in [-0.1, -0.05) is 24.3 Å². The number of carbonyl (C=O) groups is 2. The van der Waals surface area contributed by atoms with Crippen molar-refractivity contribution >= 4 is 28.3 Å². The standard InChI is InChI=1S/C22H22N4O3S/c27-20(24-8-10-25(11-9-24)22-23-7-13-30-22)18-14-16-4-1-2-5-17(16)15-26(18)21(28)19-6-3-12-29-19/h1-7,12-13,18H,8-11,14-15H2. The number of piperazine rings is 1. The molecule has 1 unspecified atom stereocenters. The Morgan fingerprint density at radius 3 is 2.53 bits per heavy atom. The van der Waals surface area contributed by atoms with Crippen LogP contribution < -0.4 is 4.90 Å². The fraction of sp³-hybridized carbons (Fsp3) is 0.318. The lowest BCUT2D eigenvalue weighted by Gasteiger charge is -2.41. The van der Waals surface area contributed by atoms with Crippen LogP contribution in [0.4, 0.5) is 5.13 Å². The number of hydrogen-bond acceptors (Lipinski definition) is 6. The summed E-state index contributed by atoms with van der Waals surface area (Å²) in [4.78, 5) is 36.7. The summed E-state index contributed by atoms with van der Waals surface area (Å²) < 4.78 is 5.34. The van der Waals surface area contributed by atoms with Gasteiger partial charge in [0.2, 0.25) is 5.91 Å². The molecule has 2 amide bonds. The van der Waals surface area contributed by atoms with E-state index in [1.165, 1.54) is 6.26 Å². The fourth-order valence-electron chi connectivity index (χ4n) is 4.20. The average molecular weight is 423 g/mol. The molecular weight excluding hydrogens is 400 g/mol. The number of anilines is 1. The van der Waals surface area contributed by atoms with Crippen LogP contribution in [0.3, 0.4) is 0 Å². The Balaban J connectivity index is 1.36. The molecule has 0 radical (unpaired) electrons. The highest BCUT2D eigenvalue weighted by atomic mass is 32.1. The lowest BCUT2D eigenvalue weighted by Crippen LogP contribution is -2.57. The molecule has 1 aromatic carbocycles. The second-order valence-corrected chi connectivity index (χ2v) is 8.40. The summed E-state index contributed by atoms with van der Waals surface area (Å²) >= 11 is 1.61. The van der Waals surface area contributed by atoms with E-state index in [1.807, 2.05) is 34.5 Å². The molecule has 1 atom stereocenters. The van der Waals surface area contributed by atoms with Crippen molar-refractivity contribution < 1.29 is 14.0 Å². The van der Waals surface area contributed by atoms with Crippen LogP contribution in [0.5, 0.6) is 0 Å². The van der Waals surface area contributed by atoms with E-state index in [4.69, 9.17) is 4.42 Å². The Hall–Kier alpha value is -3.13. The first-order valence-electron chi connectivity index (χ1n) is 10.0. The van der Waals surface area contributed by atoms with Crippen LogP contribution in [-0.4, -0.2) is 58.8 Å². The van der Waals surface area contributed by atoms with Gasteiger partial charge in [0.25, 0.3) is 5.91 Å². The highest BCUT2D eigenvalue weighted by Gasteiger charge is 2.38. The summed E-state index contributed by atoms with van der Waals surface area (Å²) in [5.41, 5.74) is 2.20. The van der Waals surface area contributed by atoms with E-state index in [0.717, 1.165) is 29.3 Å². The number of fused-ring (bicyclic) bond motifs is 1. The zero-order chi connectivity index (χ0) is 20.5. The van der Waals surface area contributed by atoms with Gasteiger partial charge in [-0.3, -0.25) is 9.59 Å². The maximum atomic E-state index is 13.5. The number of nitrogens with zero attached hydrogens (tertiary/aromatic N) is 4. The minimum atomic E-state index is -0.524. The Morgan fingerprint density at radius 1 is 1.03 bits per heavy atom. The number of hydrogen-bond donors (Lipinski definition) is 0. The Morgan fingerprint density at radius 2 is 1.83 bits per heavy atom. The molecule has 7 nitrogen and oxygen atoms in total. The van der Waals surface area contributed by atoms with Crippen LogP contribution in [0.25, 0.3) is 0 Å². The van der Waals surface area contributed by atoms with E-state index in [9.17, 15) is 9.59 Å². The van der Waals surface area contributed by atoms with Gasteiger partial charge in [-0.05, 0) is 23.3 Å². The fourth-order valence-corrected chi connectivity index (χ4v) is 4.90. The molecule has 5 rings (SSSR count). The van der Waals surface area contributed by atoms with Gasteiger partial charge in [0.05, 0.1) is 6.26 Å². The van der Waals surface area contributed by atoms with Gasteiger partial charge in [-0.25, -0.2) is 4.98 Å². The number of aromatic nitrogens is 1. The third-order valence-electron chi connectivity index (χ3n) is 5.81. The smallest absolute Gasteiger partial charge is 0.290 e. The van der Waals surface area contributed by atoms with Crippen molar-refractivity contribution in [2.75, 3.05) is 31.1 Å². The minimum Gasteiger partial charge on any atom is -0.459 e. The molecule has 2 aliphatic heterocycles. The molecule has 2 aromatic heterocycles. The van der Waals surface area contributed by atoms with Crippen LogP contribution in [0, 0.1) is 0 Å². The summed E-state index contributed by atoms with van der Waals surface area (Å²) in [6, 6.07) is 10.8. The first kappa shape index (κ1) is 18.9. The van der Waals surface area contributed by atoms with Gasteiger partial charge < -0.3 is 19.1 Å². The maximum absolute atomic E-state index is 13.5. The summed E-state index contributed by atoms with van der Waals surface area (Å²) in [7, 11) is 0. The van der Waals surface area contributed by atoms with Crippen LogP contribution in [0.2, 0.25) is 0 Å². The topological polar surface area (TPSA) is 69.9 Å². The zero-order valence-electron chi connectivity index (χ0n) is 16.4. The van der Waals surface area contributed by atoms with E-state index < -0.39 is 6.04 Å². The molecular formula is C22H22N4O3S. The number of thiazole rings is 1. The Kier molecular flexibility index (Phi) is 5.00. The number of rotatable bonds is 3. The largest absolute Gasteiger partial charge is 0.459 e. The van der Waals surface area contributed by atoms with Crippen molar-refractivity contribution in [3.05, 3.63) is 71.1 Å². The second-order valence-electron chi connectivity index (χ2n) is 7.53. The highest BCUT2D eigenvalue weighted by molar-refractivity contribution is 7.13. The van der Waals surface area contributed by atoms with Crippen molar-refractivity contribution in [2.45, 2.75) is 19.0 Å². The third kappa shape index (κ3) is 3.47. The van der Waals surface area contributed by atoms with Crippen molar-refractivity contribution in [1.29, 1.82) is 0 Å². The summed E-state index contributed by atoms with van der Waals surface area (Å²) in [5.74, 6) is 0.0262. The molecule has 8 heteroatoms. The van der Waals surface area contributed by atoms with Crippen molar-refractivity contribution in [3.63, 3.8) is 0 Å². The molecule has 0 bridgehead atoms. The van der Waals surface area contributed by atoms with E-state index in [2.05, 4.69) is 9.88 Å². The first-order valence-corrected chi connectivity index (χ1v) is 10.9. The monoisotopic (exact) mass is 422 g/mol. The number of carbonyl (C=O) groups excluding carboxylic acids is 2. The average Bonchev–Trinajstić information content (AvgIpc) is 3.52. The molecule has 30 heavy (non-hydrogen) atoms. The summed E-state index contributed by atoms with van der Waals surface area (Å²) in [6.45, 7) is 3.15. The SMILES string of the molecule is O=C(C1Cc2ccccc2CN1C(=O)c1ccco1)N1CCN(c2nccs2)CC1. The lowest BCUT2D eigenvalue weighted by molar-refractivity contribution is -0.137. The molecule has 154 valence electrons. The molecule has 2 aliphatic rings. The van der Waals surface area contributed by atoms with Crippen LogP contribution in [-0.2, 0) is 17.8 Å². The van der Waals surface area contributed by atoms with Crippen molar-refractivity contribution in [3.8, 4) is 0 Å². The van der Waals surface area contributed by atoms with Crippen molar-refractivity contribution in [1.82, 2.24) is 14.8 Å². The number of furan rings is 1. The number of amides is 2. The van der Waals surface area contributed by atoms with Gasteiger partial charge in [0, 0.05) is 50.7 Å². The Bertz CT molecular complexity index is 1030.